The molecule has 0 bridgehead atoms. The molecule has 4 rings (SSSR count). The second-order valence-corrected chi connectivity index (χ2v) is 10.6. The zero-order valence-electron chi connectivity index (χ0n) is 18.1. The van der Waals surface area contributed by atoms with Gasteiger partial charge in [-0.2, -0.15) is 0 Å². The highest BCUT2D eigenvalue weighted by atomic mass is 32.2. The molecule has 7 nitrogen and oxygen atoms in total. The van der Waals surface area contributed by atoms with Crippen LogP contribution in [0.3, 0.4) is 0 Å². The largest absolute Gasteiger partial charge is 0.457 e. The summed E-state index contributed by atoms with van der Waals surface area (Å²) in [5.74, 6) is -0.472. The second kappa shape index (κ2) is 9.20. The molecule has 33 heavy (non-hydrogen) atoms. The van der Waals surface area contributed by atoms with Gasteiger partial charge in [-0.15, -0.1) is 15.7 Å². The highest BCUT2D eigenvalue weighted by Crippen LogP contribution is 2.41. The number of amidine groups is 1. The molecule has 2 aromatic carbocycles. The molecule has 1 aromatic heterocycles. The number of ether oxygens (including phenoxy) is 1. The van der Waals surface area contributed by atoms with E-state index in [0.29, 0.717) is 5.56 Å². The van der Waals surface area contributed by atoms with Gasteiger partial charge in [0.2, 0.25) is 0 Å². The van der Waals surface area contributed by atoms with Crippen molar-refractivity contribution >= 4 is 27.4 Å². The van der Waals surface area contributed by atoms with Gasteiger partial charge in [-0.25, -0.2) is 17.8 Å². The third-order valence-corrected chi connectivity index (χ3v) is 7.88. The number of thiazole rings is 1. The lowest BCUT2D eigenvalue weighted by atomic mass is 9.96. The molecule has 0 amide bonds. The molecule has 1 unspecified atom stereocenters. The number of sulfonamides is 1. The summed E-state index contributed by atoms with van der Waals surface area (Å²) in [6.07, 6.45) is 0.144. The predicted molar refractivity (Wildman–Crippen MR) is 126 cm³/mol. The van der Waals surface area contributed by atoms with Gasteiger partial charge in [-0.3, -0.25) is 0 Å². The molecule has 0 radical (unpaired) electrons. The second-order valence-electron chi connectivity index (χ2n) is 8.22. The Balaban J connectivity index is 1.63. The molecular weight excluding hydrogens is 465 g/mol. The monoisotopic (exact) mass is 489 g/mol. The molecule has 174 valence electrons. The number of hydrogen-bond acceptors (Lipinski definition) is 7. The van der Waals surface area contributed by atoms with Gasteiger partial charge < -0.3 is 15.2 Å². The normalized spacial score (nSPS) is 19.9. The number of aliphatic hydroxyl groups excluding tert-OH is 1. The summed E-state index contributed by atoms with van der Waals surface area (Å²) in [5, 5.41) is 13.2. The van der Waals surface area contributed by atoms with Crippen molar-refractivity contribution in [2.45, 2.75) is 37.2 Å². The molecule has 0 saturated heterocycles. The highest BCUT2D eigenvalue weighted by Gasteiger charge is 2.47. The van der Waals surface area contributed by atoms with E-state index in [2.05, 4.69) is 14.7 Å². The first-order chi connectivity index (χ1) is 15.7. The minimum atomic E-state index is -4.02. The molecule has 2 atom stereocenters. The van der Waals surface area contributed by atoms with Gasteiger partial charge in [0.05, 0.1) is 17.2 Å². The number of nitrogens with zero attached hydrogens (tertiary/aromatic N) is 2. The van der Waals surface area contributed by atoms with Crippen molar-refractivity contribution in [3.05, 3.63) is 76.4 Å². The minimum Gasteiger partial charge on any atom is -0.457 e. The molecule has 2 heterocycles. The first-order valence-electron chi connectivity index (χ1n) is 10.3. The summed E-state index contributed by atoms with van der Waals surface area (Å²) in [5.41, 5.74) is 3.11. The summed E-state index contributed by atoms with van der Waals surface area (Å²) in [4.78, 5) is 4.27. The summed E-state index contributed by atoms with van der Waals surface area (Å²) in [7, 11) is -4.02. The maximum absolute atomic E-state index is 14.3. The highest BCUT2D eigenvalue weighted by molar-refractivity contribution is 7.90. The third-order valence-electron chi connectivity index (χ3n) is 5.44. The fourth-order valence-corrected chi connectivity index (χ4v) is 6.26. The van der Waals surface area contributed by atoms with Gasteiger partial charge in [0, 0.05) is 23.1 Å². The summed E-state index contributed by atoms with van der Waals surface area (Å²) in [6, 6.07) is 12.3. The molecule has 1 aliphatic rings. The third kappa shape index (κ3) is 4.92. The van der Waals surface area contributed by atoms with Gasteiger partial charge in [0.1, 0.15) is 16.7 Å². The zero-order valence-corrected chi connectivity index (χ0v) is 19.7. The first-order valence-corrected chi connectivity index (χ1v) is 12.8. The molecule has 10 heteroatoms. The molecule has 0 aliphatic carbocycles. The molecule has 0 saturated carbocycles. The van der Waals surface area contributed by atoms with E-state index >= 15 is 0 Å². The topological polar surface area (TPSA) is 101 Å². The van der Waals surface area contributed by atoms with Crippen molar-refractivity contribution in [2.75, 3.05) is 6.61 Å². The number of aliphatic hydroxyl groups is 1. The van der Waals surface area contributed by atoms with Crippen LogP contribution in [0.1, 0.15) is 42.7 Å². The van der Waals surface area contributed by atoms with Gasteiger partial charge in [-0.05, 0) is 31.9 Å². The van der Waals surface area contributed by atoms with E-state index in [1.807, 2.05) is 17.5 Å². The van der Waals surface area contributed by atoms with Crippen LogP contribution in [0.15, 0.2) is 63.8 Å². The van der Waals surface area contributed by atoms with E-state index in [0.717, 1.165) is 11.3 Å². The molecule has 1 aliphatic heterocycles. The fourth-order valence-electron chi connectivity index (χ4n) is 4.00. The van der Waals surface area contributed by atoms with E-state index in [4.69, 9.17) is 4.74 Å². The Labute approximate surface area is 196 Å². The van der Waals surface area contributed by atoms with E-state index in [1.54, 1.807) is 49.7 Å². The Kier molecular flexibility index (Phi) is 6.51. The lowest BCUT2D eigenvalue weighted by Gasteiger charge is -2.38. The molecular formula is C23H24FN3O4S2. The summed E-state index contributed by atoms with van der Waals surface area (Å²) in [6.45, 7) is 3.11. The van der Waals surface area contributed by atoms with Crippen LogP contribution in [0.5, 0.6) is 0 Å². The first kappa shape index (κ1) is 23.3. The zero-order chi connectivity index (χ0) is 23.6. The number of benzene rings is 2. The Morgan fingerprint density at radius 1 is 1.21 bits per heavy atom. The Morgan fingerprint density at radius 2 is 1.94 bits per heavy atom. The Morgan fingerprint density at radius 3 is 2.55 bits per heavy atom. The molecule has 0 fully saturated rings. The van der Waals surface area contributed by atoms with E-state index in [-0.39, 0.29) is 24.6 Å². The molecule has 2 N–H and O–H groups in total. The van der Waals surface area contributed by atoms with Crippen molar-refractivity contribution in [3.8, 4) is 11.3 Å². The summed E-state index contributed by atoms with van der Waals surface area (Å²) < 4.78 is 50.6. The summed E-state index contributed by atoms with van der Waals surface area (Å²) >= 11 is 1.48. The predicted octanol–water partition coefficient (Wildman–Crippen LogP) is 4.20. The van der Waals surface area contributed by atoms with E-state index in [9.17, 15) is 17.9 Å². The maximum Gasteiger partial charge on any atom is 0.301 e. The van der Waals surface area contributed by atoms with Gasteiger partial charge in [0.15, 0.2) is 0 Å². The van der Waals surface area contributed by atoms with Crippen LogP contribution in [0.2, 0.25) is 0 Å². The minimum absolute atomic E-state index is 0.144. The van der Waals surface area contributed by atoms with Crippen LogP contribution in [0.25, 0.3) is 11.3 Å². The van der Waals surface area contributed by atoms with Crippen molar-refractivity contribution in [1.82, 2.24) is 10.3 Å². The quantitative estimate of drug-likeness (QED) is 0.538. The van der Waals surface area contributed by atoms with E-state index in [1.165, 1.54) is 17.4 Å². The smallest absolute Gasteiger partial charge is 0.301 e. The Hall–Kier alpha value is -2.82. The van der Waals surface area contributed by atoms with Gasteiger partial charge >= 0.3 is 6.02 Å². The average Bonchev–Trinajstić information content (AvgIpc) is 3.27. The van der Waals surface area contributed by atoms with E-state index < -0.39 is 32.7 Å². The van der Waals surface area contributed by atoms with Crippen molar-refractivity contribution in [3.63, 3.8) is 0 Å². The fraction of sp³-hybridized carbons (Fsp3) is 0.304. The van der Waals surface area contributed by atoms with Crippen LogP contribution < -0.4 is 5.32 Å². The van der Waals surface area contributed by atoms with Crippen molar-refractivity contribution < 1.29 is 22.7 Å². The number of hydrogen-bond donors (Lipinski definition) is 2. The van der Waals surface area contributed by atoms with Crippen LogP contribution in [-0.4, -0.2) is 36.7 Å². The molecule has 0 spiro atoms. The Bertz CT molecular complexity index is 1240. The van der Waals surface area contributed by atoms with Crippen molar-refractivity contribution in [2.24, 2.45) is 4.40 Å². The number of nitrogens with one attached hydrogen (secondary N) is 1. The lowest BCUT2D eigenvalue weighted by molar-refractivity contribution is 0.0759. The number of halogens is 1. The van der Waals surface area contributed by atoms with Gasteiger partial charge in [0.25, 0.3) is 10.0 Å². The average molecular weight is 490 g/mol. The van der Waals surface area contributed by atoms with Gasteiger partial charge in [-0.1, -0.05) is 42.5 Å². The van der Waals surface area contributed by atoms with Crippen LogP contribution in [-0.2, 0) is 14.8 Å². The van der Waals surface area contributed by atoms with Crippen LogP contribution in [0, 0.1) is 5.82 Å². The van der Waals surface area contributed by atoms with Crippen molar-refractivity contribution in [1.29, 1.82) is 0 Å². The maximum atomic E-state index is 14.3. The van der Waals surface area contributed by atoms with Crippen LogP contribution >= 0.6 is 11.3 Å². The standard InChI is InChI=1S/C23H24FN3O4S2/c1-23(2)21(16-9-7-15(8-10-16)20-13-32-14-25-20)33(29,30)27-22(31-23)26-19(11-12-28)17-5-3-4-6-18(17)24/h3-10,13-14,19,21,28H,11-12H2,1-2H3,(H,26,27)/t19-,21?/m0/s1. The van der Waals surface area contributed by atoms with Crippen LogP contribution in [0.4, 0.5) is 4.39 Å². The number of rotatable bonds is 6. The SMILES string of the molecule is CC1(C)OC(N[C@@H](CCO)c2ccccc2F)=NS(=O)(=O)C1c1ccc(-c2cscn2)cc1. The molecule has 3 aromatic rings. The number of aromatic nitrogens is 1. The lowest BCUT2D eigenvalue weighted by Crippen LogP contribution is -2.47.